The molecule has 6 nitrogen and oxygen atoms in total. The van der Waals surface area contributed by atoms with E-state index in [2.05, 4.69) is 33.4 Å². The van der Waals surface area contributed by atoms with Gasteiger partial charge in [0.25, 0.3) is 0 Å². The topological polar surface area (TPSA) is 52.4 Å². The molecule has 29 heavy (non-hydrogen) atoms. The second-order valence-electron chi connectivity index (χ2n) is 7.45. The van der Waals surface area contributed by atoms with Crippen LogP contribution in [-0.4, -0.2) is 53.3 Å². The van der Waals surface area contributed by atoms with E-state index < -0.39 is 0 Å². The molecule has 0 saturated carbocycles. The van der Waals surface area contributed by atoms with E-state index in [0.717, 1.165) is 49.6 Å². The second-order valence-corrected chi connectivity index (χ2v) is 7.45. The van der Waals surface area contributed by atoms with Crippen LogP contribution < -0.4 is 4.74 Å². The Morgan fingerprint density at radius 1 is 1.00 bits per heavy atom. The summed E-state index contributed by atoms with van der Waals surface area (Å²) in [5.41, 5.74) is 3.42. The zero-order valence-corrected chi connectivity index (χ0v) is 16.9. The first-order valence-corrected chi connectivity index (χ1v) is 10.2. The predicted octanol–water partition coefficient (Wildman–Crippen LogP) is 3.67. The molecule has 3 aromatic rings. The van der Waals surface area contributed by atoms with Gasteiger partial charge in [-0.25, -0.2) is 4.68 Å². The maximum atomic E-state index is 5.76. The summed E-state index contributed by atoms with van der Waals surface area (Å²) < 4.78 is 12.7. The van der Waals surface area contributed by atoms with E-state index in [-0.39, 0.29) is 0 Å². The summed E-state index contributed by atoms with van der Waals surface area (Å²) >= 11 is 0. The number of likely N-dealkylation sites (tertiary alicyclic amines) is 1. The van der Waals surface area contributed by atoms with Crippen molar-refractivity contribution in [1.29, 1.82) is 0 Å². The van der Waals surface area contributed by atoms with Gasteiger partial charge in [-0.1, -0.05) is 35.5 Å². The van der Waals surface area contributed by atoms with E-state index in [1.54, 1.807) is 7.11 Å². The predicted molar refractivity (Wildman–Crippen MR) is 112 cm³/mol. The highest BCUT2D eigenvalue weighted by atomic mass is 16.5. The number of para-hydroxylation sites is 1. The van der Waals surface area contributed by atoms with Crippen LogP contribution in [0.4, 0.5) is 0 Å². The average Bonchev–Trinajstić information content (AvgIpc) is 3.24. The van der Waals surface area contributed by atoms with Gasteiger partial charge in [-0.05, 0) is 61.7 Å². The van der Waals surface area contributed by atoms with Crippen LogP contribution in [0.25, 0.3) is 5.69 Å². The highest BCUT2D eigenvalue weighted by Gasteiger charge is 2.21. The first-order valence-electron chi connectivity index (χ1n) is 10.2. The molecule has 0 unspecified atom stereocenters. The van der Waals surface area contributed by atoms with Crippen molar-refractivity contribution in [3.63, 3.8) is 0 Å². The van der Waals surface area contributed by atoms with Crippen molar-refractivity contribution in [2.24, 2.45) is 0 Å². The molecule has 0 bridgehead atoms. The molecule has 0 N–H and O–H groups in total. The first kappa shape index (κ1) is 19.6. The van der Waals surface area contributed by atoms with Gasteiger partial charge in [0.2, 0.25) is 0 Å². The molecule has 6 heteroatoms. The SMILES string of the molecule is COCCOc1cccc(C2CCN(Cc3cn(-c4ccccc4)nn3)CC2)c1. The van der Waals surface area contributed by atoms with E-state index in [9.17, 15) is 0 Å². The number of aromatic nitrogens is 3. The Kier molecular flexibility index (Phi) is 6.54. The van der Waals surface area contributed by atoms with Crippen LogP contribution in [0, 0.1) is 0 Å². The third kappa shape index (κ3) is 5.22. The van der Waals surface area contributed by atoms with Gasteiger partial charge in [0.15, 0.2) is 0 Å². The molecule has 0 spiro atoms. The fraction of sp³-hybridized carbons (Fsp3) is 0.391. The maximum absolute atomic E-state index is 5.76. The number of piperidine rings is 1. The Morgan fingerprint density at radius 2 is 1.83 bits per heavy atom. The van der Waals surface area contributed by atoms with Gasteiger partial charge in [-0.2, -0.15) is 0 Å². The fourth-order valence-electron chi connectivity index (χ4n) is 3.83. The summed E-state index contributed by atoms with van der Waals surface area (Å²) in [5.74, 6) is 1.51. The molecule has 1 aliphatic heterocycles. The largest absolute Gasteiger partial charge is 0.491 e. The Hall–Kier alpha value is -2.70. The van der Waals surface area contributed by atoms with Crippen molar-refractivity contribution in [1.82, 2.24) is 19.9 Å². The Morgan fingerprint density at radius 3 is 2.62 bits per heavy atom. The number of methoxy groups -OCH3 is 1. The van der Waals surface area contributed by atoms with E-state index in [0.29, 0.717) is 19.1 Å². The lowest BCUT2D eigenvalue weighted by Crippen LogP contribution is -2.32. The van der Waals surface area contributed by atoms with Gasteiger partial charge in [0.05, 0.1) is 24.2 Å². The number of nitrogens with zero attached hydrogens (tertiary/aromatic N) is 4. The molecule has 0 atom stereocenters. The molecule has 152 valence electrons. The number of rotatable bonds is 8. The van der Waals surface area contributed by atoms with Gasteiger partial charge < -0.3 is 9.47 Å². The van der Waals surface area contributed by atoms with Crippen LogP contribution in [-0.2, 0) is 11.3 Å². The highest BCUT2D eigenvalue weighted by Crippen LogP contribution is 2.30. The number of ether oxygens (including phenoxy) is 2. The minimum absolute atomic E-state index is 0.581. The molecule has 4 rings (SSSR count). The van der Waals surface area contributed by atoms with Crippen LogP contribution in [0.2, 0.25) is 0 Å². The van der Waals surface area contributed by atoms with Gasteiger partial charge in [0, 0.05) is 13.7 Å². The summed E-state index contributed by atoms with van der Waals surface area (Å²) in [6.45, 7) is 4.18. The summed E-state index contributed by atoms with van der Waals surface area (Å²) in [6, 6.07) is 18.6. The quantitative estimate of drug-likeness (QED) is 0.548. The Labute approximate surface area is 172 Å². The molecule has 0 aliphatic carbocycles. The van der Waals surface area contributed by atoms with Crippen LogP contribution in [0.5, 0.6) is 5.75 Å². The maximum Gasteiger partial charge on any atom is 0.119 e. The normalized spacial score (nSPS) is 15.5. The Bertz CT molecular complexity index is 889. The lowest BCUT2D eigenvalue weighted by atomic mass is 9.89. The van der Waals surface area contributed by atoms with Crippen LogP contribution >= 0.6 is 0 Å². The summed E-state index contributed by atoms with van der Waals surface area (Å²) in [5, 5.41) is 8.63. The van der Waals surface area contributed by atoms with Crippen molar-refractivity contribution in [3.8, 4) is 11.4 Å². The van der Waals surface area contributed by atoms with Gasteiger partial charge in [-0.3, -0.25) is 4.90 Å². The molecule has 2 heterocycles. The van der Waals surface area contributed by atoms with E-state index in [4.69, 9.17) is 9.47 Å². The molecule has 0 amide bonds. The Balaban J connectivity index is 1.30. The standard InChI is InChI=1S/C23H28N4O2/c1-28-14-15-29-23-9-5-6-20(16-23)19-10-12-26(13-11-19)17-21-18-27(25-24-21)22-7-3-2-4-8-22/h2-9,16,18-19H,10-15,17H2,1H3. The summed E-state index contributed by atoms with van der Waals surface area (Å²) in [7, 11) is 1.69. The summed E-state index contributed by atoms with van der Waals surface area (Å²) in [6.07, 6.45) is 4.32. The smallest absolute Gasteiger partial charge is 0.119 e. The van der Waals surface area contributed by atoms with Gasteiger partial charge in [0.1, 0.15) is 12.4 Å². The molecule has 1 fully saturated rings. The molecule has 1 aliphatic rings. The zero-order valence-electron chi connectivity index (χ0n) is 16.9. The molecule has 1 aromatic heterocycles. The van der Waals surface area contributed by atoms with Crippen LogP contribution in [0.1, 0.15) is 30.0 Å². The molecule has 1 saturated heterocycles. The average molecular weight is 393 g/mol. The van der Waals surface area contributed by atoms with Crippen molar-refractivity contribution in [2.45, 2.75) is 25.3 Å². The van der Waals surface area contributed by atoms with Crippen molar-refractivity contribution < 1.29 is 9.47 Å². The lowest BCUT2D eigenvalue weighted by Gasteiger charge is -2.31. The number of hydrogen-bond acceptors (Lipinski definition) is 5. The van der Waals surface area contributed by atoms with E-state index in [1.807, 2.05) is 47.3 Å². The number of hydrogen-bond donors (Lipinski definition) is 0. The summed E-state index contributed by atoms with van der Waals surface area (Å²) in [4.78, 5) is 2.47. The molecule has 0 radical (unpaired) electrons. The minimum atomic E-state index is 0.581. The van der Waals surface area contributed by atoms with Crippen molar-refractivity contribution in [3.05, 3.63) is 72.1 Å². The van der Waals surface area contributed by atoms with Crippen LogP contribution in [0.3, 0.4) is 0 Å². The third-order valence-electron chi connectivity index (χ3n) is 5.42. The first-order chi connectivity index (χ1) is 14.3. The van der Waals surface area contributed by atoms with Crippen molar-refractivity contribution >= 4 is 0 Å². The fourth-order valence-corrected chi connectivity index (χ4v) is 3.83. The number of benzene rings is 2. The molecule has 2 aromatic carbocycles. The van der Waals surface area contributed by atoms with Gasteiger partial charge in [-0.15, -0.1) is 5.10 Å². The zero-order chi connectivity index (χ0) is 19.9. The highest BCUT2D eigenvalue weighted by molar-refractivity contribution is 5.31. The third-order valence-corrected chi connectivity index (χ3v) is 5.42. The minimum Gasteiger partial charge on any atom is -0.491 e. The second kappa shape index (κ2) is 9.67. The monoisotopic (exact) mass is 392 g/mol. The van der Waals surface area contributed by atoms with Crippen LogP contribution in [0.15, 0.2) is 60.8 Å². The molecular weight excluding hydrogens is 364 g/mol. The lowest BCUT2D eigenvalue weighted by molar-refractivity contribution is 0.146. The van der Waals surface area contributed by atoms with E-state index >= 15 is 0 Å². The van der Waals surface area contributed by atoms with Crippen molar-refractivity contribution in [2.75, 3.05) is 33.4 Å². The molecular formula is C23H28N4O2. The van der Waals surface area contributed by atoms with Gasteiger partial charge >= 0.3 is 0 Å². The van der Waals surface area contributed by atoms with E-state index in [1.165, 1.54) is 5.56 Å².